The largest absolute Gasteiger partial charge is 0.497 e. The van der Waals surface area contributed by atoms with Crippen LogP contribution in [0.2, 0.25) is 0 Å². The van der Waals surface area contributed by atoms with Gasteiger partial charge in [-0.15, -0.1) is 0 Å². The molecule has 7 nitrogen and oxygen atoms in total. The summed E-state index contributed by atoms with van der Waals surface area (Å²) in [7, 11) is 3.08. The number of nitrogens with one attached hydrogen (secondary N) is 2. The molecule has 2 aromatic rings. The van der Waals surface area contributed by atoms with Crippen molar-refractivity contribution in [2.45, 2.75) is 31.3 Å². The van der Waals surface area contributed by atoms with Gasteiger partial charge in [-0.25, -0.2) is 4.98 Å². The first-order valence-electron chi connectivity index (χ1n) is 8.89. The highest BCUT2D eigenvalue weighted by atomic mass is 32.2. The van der Waals surface area contributed by atoms with Gasteiger partial charge in [0, 0.05) is 18.3 Å². The average molecular weight is 404 g/mol. The average Bonchev–Trinajstić information content (AvgIpc) is 2.72. The van der Waals surface area contributed by atoms with Crippen molar-refractivity contribution in [1.82, 2.24) is 10.3 Å². The molecule has 0 bridgehead atoms. The lowest BCUT2D eigenvalue weighted by Gasteiger charge is -2.14. The van der Waals surface area contributed by atoms with Crippen LogP contribution >= 0.6 is 11.8 Å². The molecular weight excluding hydrogens is 378 g/mol. The third-order valence-corrected chi connectivity index (χ3v) is 5.03. The van der Waals surface area contributed by atoms with Crippen molar-refractivity contribution in [3.63, 3.8) is 0 Å². The van der Waals surface area contributed by atoms with Crippen molar-refractivity contribution in [1.29, 1.82) is 0 Å². The Balaban J connectivity index is 2.03. The normalized spacial score (nSPS) is 11.4. The molecule has 2 amide bonds. The number of benzene rings is 1. The molecule has 0 aliphatic rings. The lowest BCUT2D eigenvalue weighted by molar-refractivity contribution is -0.113. The molecular formula is C20H25N3O4S. The lowest BCUT2D eigenvalue weighted by atomic mass is 10.2. The maximum absolute atomic E-state index is 12.4. The van der Waals surface area contributed by atoms with Crippen LogP contribution in [0.5, 0.6) is 11.5 Å². The van der Waals surface area contributed by atoms with Gasteiger partial charge in [0.15, 0.2) is 0 Å². The molecule has 0 aliphatic heterocycles. The zero-order valence-electron chi connectivity index (χ0n) is 16.4. The zero-order valence-corrected chi connectivity index (χ0v) is 17.3. The topological polar surface area (TPSA) is 89.6 Å². The number of nitrogens with zero attached hydrogens (tertiary/aromatic N) is 1. The maximum atomic E-state index is 12.4. The van der Waals surface area contributed by atoms with E-state index in [1.807, 2.05) is 13.8 Å². The van der Waals surface area contributed by atoms with Crippen LogP contribution in [0.15, 0.2) is 41.6 Å². The van der Waals surface area contributed by atoms with Gasteiger partial charge in [0.2, 0.25) is 5.91 Å². The highest BCUT2D eigenvalue weighted by Crippen LogP contribution is 2.29. The van der Waals surface area contributed by atoms with Crippen molar-refractivity contribution in [2.24, 2.45) is 0 Å². The molecule has 1 heterocycles. The fraction of sp³-hybridized carbons (Fsp3) is 0.350. The first kappa shape index (κ1) is 21.6. The van der Waals surface area contributed by atoms with Crippen LogP contribution in [-0.2, 0) is 4.79 Å². The molecule has 0 saturated heterocycles. The number of amides is 2. The van der Waals surface area contributed by atoms with Crippen LogP contribution in [-0.4, -0.2) is 42.8 Å². The van der Waals surface area contributed by atoms with Crippen LogP contribution in [0, 0.1) is 0 Å². The SMILES string of the molecule is CC[C@@H](C)NC(=O)c1cccnc1SCC(=O)Nc1ccc(OC)cc1OC. The number of rotatable bonds is 9. The molecule has 0 radical (unpaired) electrons. The monoisotopic (exact) mass is 403 g/mol. The molecule has 1 atom stereocenters. The number of carbonyl (C=O) groups is 2. The number of hydrogen-bond donors (Lipinski definition) is 2. The predicted molar refractivity (Wildman–Crippen MR) is 110 cm³/mol. The van der Waals surface area contributed by atoms with Gasteiger partial charge in [0.05, 0.1) is 31.2 Å². The van der Waals surface area contributed by atoms with Crippen molar-refractivity contribution >= 4 is 29.3 Å². The van der Waals surface area contributed by atoms with Gasteiger partial charge < -0.3 is 20.1 Å². The van der Waals surface area contributed by atoms with Gasteiger partial charge in [0.1, 0.15) is 16.5 Å². The van der Waals surface area contributed by atoms with Gasteiger partial charge in [0.25, 0.3) is 5.91 Å². The van der Waals surface area contributed by atoms with Gasteiger partial charge in [-0.1, -0.05) is 18.7 Å². The molecule has 2 N–H and O–H groups in total. The van der Waals surface area contributed by atoms with Gasteiger partial charge in [-0.05, 0) is 37.6 Å². The molecule has 0 saturated carbocycles. The number of pyridine rings is 1. The van der Waals surface area contributed by atoms with E-state index in [1.165, 1.54) is 18.9 Å². The predicted octanol–water partition coefficient (Wildman–Crippen LogP) is 3.36. The Morgan fingerprint density at radius 2 is 2.00 bits per heavy atom. The molecule has 8 heteroatoms. The van der Waals surface area contributed by atoms with Gasteiger partial charge in [-0.3, -0.25) is 9.59 Å². The summed E-state index contributed by atoms with van der Waals surface area (Å²) in [6.45, 7) is 3.94. The minimum atomic E-state index is -0.229. The minimum absolute atomic E-state index is 0.0661. The highest BCUT2D eigenvalue weighted by molar-refractivity contribution is 8.00. The Bertz CT molecular complexity index is 829. The Kier molecular flexibility index (Phi) is 8.13. The summed E-state index contributed by atoms with van der Waals surface area (Å²) in [5.74, 6) is 0.823. The number of carbonyl (C=O) groups excluding carboxylic acids is 2. The summed E-state index contributed by atoms with van der Waals surface area (Å²) >= 11 is 1.21. The highest BCUT2D eigenvalue weighted by Gasteiger charge is 2.16. The van der Waals surface area contributed by atoms with E-state index in [0.717, 1.165) is 6.42 Å². The molecule has 0 aliphatic carbocycles. The van der Waals surface area contributed by atoms with Crippen molar-refractivity contribution < 1.29 is 19.1 Å². The molecule has 1 aromatic carbocycles. The second-order valence-corrected chi connectivity index (χ2v) is 7.01. The summed E-state index contributed by atoms with van der Waals surface area (Å²) < 4.78 is 10.4. The number of aromatic nitrogens is 1. The van der Waals surface area contributed by atoms with E-state index >= 15 is 0 Å². The van der Waals surface area contributed by atoms with Crippen molar-refractivity contribution in [3.05, 3.63) is 42.1 Å². The van der Waals surface area contributed by atoms with E-state index in [-0.39, 0.29) is 23.6 Å². The summed E-state index contributed by atoms with van der Waals surface area (Å²) in [6, 6.07) is 8.62. The third-order valence-electron chi connectivity index (χ3n) is 4.03. The smallest absolute Gasteiger partial charge is 0.254 e. The quantitative estimate of drug-likeness (QED) is 0.624. The van der Waals surface area contributed by atoms with Crippen LogP contribution in [0.3, 0.4) is 0 Å². The van der Waals surface area contributed by atoms with E-state index in [1.54, 1.807) is 43.6 Å². The van der Waals surface area contributed by atoms with Crippen LogP contribution < -0.4 is 20.1 Å². The summed E-state index contributed by atoms with van der Waals surface area (Å²) in [4.78, 5) is 29.0. The lowest BCUT2D eigenvalue weighted by Crippen LogP contribution is -2.32. The number of ether oxygens (including phenoxy) is 2. The molecule has 0 unspecified atom stereocenters. The molecule has 1 aromatic heterocycles. The van der Waals surface area contributed by atoms with Gasteiger partial charge >= 0.3 is 0 Å². The second kappa shape index (κ2) is 10.6. The molecule has 0 fully saturated rings. The van der Waals surface area contributed by atoms with Crippen molar-refractivity contribution in [3.8, 4) is 11.5 Å². The van der Waals surface area contributed by atoms with E-state index in [0.29, 0.717) is 27.8 Å². The number of methoxy groups -OCH3 is 2. The van der Waals surface area contributed by atoms with Crippen LogP contribution in [0.25, 0.3) is 0 Å². The standard InChI is InChI=1S/C20H25N3O4S/c1-5-13(2)22-19(25)15-7-6-10-21-20(15)28-12-18(24)23-16-9-8-14(26-3)11-17(16)27-4/h6-11,13H,5,12H2,1-4H3,(H,22,25)(H,23,24)/t13-/m1/s1. The van der Waals surface area contributed by atoms with E-state index in [2.05, 4.69) is 15.6 Å². The first-order chi connectivity index (χ1) is 13.5. The Morgan fingerprint density at radius 3 is 2.68 bits per heavy atom. The Morgan fingerprint density at radius 1 is 1.21 bits per heavy atom. The summed E-state index contributed by atoms with van der Waals surface area (Å²) in [5.41, 5.74) is 1.01. The van der Waals surface area contributed by atoms with E-state index in [4.69, 9.17) is 9.47 Å². The maximum Gasteiger partial charge on any atom is 0.254 e. The fourth-order valence-electron chi connectivity index (χ4n) is 2.30. The fourth-order valence-corrected chi connectivity index (χ4v) is 3.10. The molecule has 2 rings (SSSR count). The zero-order chi connectivity index (χ0) is 20.5. The summed E-state index contributed by atoms with van der Waals surface area (Å²) in [5, 5.41) is 6.24. The molecule has 28 heavy (non-hydrogen) atoms. The minimum Gasteiger partial charge on any atom is -0.497 e. The molecule has 150 valence electrons. The third kappa shape index (κ3) is 5.88. The number of anilines is 1. The molecule has 0 spiro atoms. The number of hydrogen-bond acceptors (Lipinski definition) is 6. The second-order valence-electron chi connectivity index (χ2n) is 6.04. The van der Waals surface area contributed by atoms with Gasteiger partial charge in [-0.2, -0.15) is 0 Å². The Hall–Kier alpha value is -2.74. The van der Waals surface area contributed by atoms with E-state index in [9.17, 15) is 9.59 Å². The van der Waals surface area contributed by atoms with Crippen LogP contribution in [0.1, 0.15) is 30.6 Å². The van der Waals surface area contributed by atoms with Crippen LogP contribution in [0.4, 0.5) is 5.69 Å². The van der Waals surface area contributed by atoms with Crippen molar-refractivity contribution in [2.75, 3.05) is 25.3 Å². The first-order valence-corrected chi connectivity index (χ1v) is 9.87. The summed E-state index contributed by atoms with van der Waals surface area (Å²) in [6.07, 6.45) is 2.44. The number of thioether (sulfide) groups is 1. The Labute approximate surface area is 169 Å². The van der Waals surface area contributed by atoms with E-state index < -0.39 is 0 Å².